The number of carbonyl (C=O) groups is 2. The lowest BCUT2D eigenvalue weighted by molar-refractivity contribution is -0.133. The number of carbonyl (C=O) groups excluding carboxylic acids is 2. The Kier molecular flexibility index (Phi) is 5.56. The fourth-order valence-electron chi connectivity index (χ4n) is 3.46. The minimum absolute atomic E-state index is 0.0227. The van der Waals surface area contributed by atoms with Crippen molar-refractivity contribution in [3.8, 4) is 0 Å². The molecule has 3 rings (SSSR count). The van der Waals surface area contributed by atoms with E-state index in [0.29, 0.717) is 12.5 Å². The highest BCUT2D eigenvalue weighted by Gasteiger charge is 2.31. The predicted molar refractivity (Wildman–Crippen MR) is 96.5 cm³/mol. The smallest absolute Gasteiger partial charge is 0.261 e. The first-order chi connectivity index (χ1) is 11.6. The molecule has 1 aliphatic carbocycles. The van der Waals surface area contributed by atoms with Crippen molar-refractivity contribution in [3.05, 3.63) is 21.9 Å². The third-order valence-electron chi connectivity index (χ3n) is 4.92. The zero-order valence-corrected chi connectivity index (χ0v) is 15.4. The van der Waals surface area contributed by atoms with Crippen LogP contribution in [0.5, 0.6) is 0 Å². The topological polar surface area (TPSA) is 52.7 Å². The maximum atomic E-state index is 12.3. The summed E-state index contributed by atoms with van der Waals surface area (Å²) in [6, 6.07) is 2.12. The second-order valence-electron chi connectivity index (χ2n) is 7.02. The van der Waals surface area contributed by atoms with Gasteiger partial charge in [0.15, 0.2) is 0 Å². The number of rotatable bonds is 7. The van der Waals surface area contributed by atoms with Gasteiger partial charge < -0.3 is 10.2 Å². The zero-order valence-electron chi connectivity index (χ0n) is 14.6. The largest absolute Gasteiger partial charge is 0.351 e. The van der Waals surface area contributed by atoms with Crippen LogP contribution in [-0.4, -0.2) is 61.4 Å². The molecule has 1 atom stereocenters. The SMILES string of the molecule is CN(C)C(=O)C1CCCN1CCCNC(=O)c1sccc1C1CC1. The average Bonchev–Trinajstić information content (AvgIpc) is 3.11. The van der Waals surface area contributed by atoms with Crippen molar-refractivity contribution in [2.75, 3.05) is 33.7 Å². The Bertz CT molecular complexity index is 595. The molecule has 2 heterocycles. The number of likely N-dealkylation sites (N-methyl/N-ethyl adjacent to an activating group) is 1. The number of amides is 2. The first-order valence-electron chi connectivity index (χ1n) is 8.88. The highest BCUT2D eigenvalue weighted by molar-refractivity contribution is 7.12. The van der Waals surface area contributed by atoms with Crippen molar-refractivity contribution in [1.82, 2.24) is 15.1 Å². The first-order valence-corrected chi connectivity index (χ1v) is 9.76. The van der Waals surface area contributed by atoms with Crippen LogP contribution in [0.25, 0.3) is 0 Å². The van der Waals surface area contributed by atoms with Gasteiger partial charge in [-0.05, 0) is 61.6 Å². The van der Waals surface area contributed by atoms with Gasteiger partial charge >= 0.3 is 0 Å². The highest BCUT2D eigenvalue weighted by atomic mass is 32.1. The van der Waals surface area contributed by atoms with Crippen LogP contribution in [0, 0.1) is 0 Å². The third kappa shape index (κ3) is 3.98. The fourth-order valence-corrected chi connectivity index (χ4v) is 4.36. The van der Waals surface area contributed by atoms with Gasteiger partial charge in [-0.25, -0.2) is 0 Å². The van der Waals surface area contributed by atoms with E-state index >= 15 is 0 Å². The van der Waals surface area contributed by atoms with Crippen molar-refractivity contribution in [2.45, 2.75) is 44.1 Å². The van der Waals surface area contributed by atoms with Gasteiger partial charge in [-0.1, -0.05) is 0 Å². The maximum absolute atomic E-state index is 12.3. The summed E-state index contributed by atoms with van der Waals surface area (Å²) < 4.78 is 0. The standard InChI is InChI=1S/C18H27N3O2S/c1-20(2)18(23)15-5-3-10-21(15)11-4-9-19-17(22)16-14(8-12-24-16)13-6-7-13/h8,12-13,15H,3-7,9-11H2,1-2H3,(H,19,22). The highest BCUT2D eigenvalue weighted by Crippen LogP contribution is 2.43. The summed E-state index contributed by atoms with van der Waals surface area (Å²) in [5, 5.41) is 5.07. The van der Waals surface area contributed by atoms with Gasteiger partial charge in [0.1, 0.15) is 0 Å². The van der Waals surface area contributed by atoms with Gasteiger partial charge in [0.25, 0.3) is 5.91 Å². The molecule has 2 aliphatic rings. The molecule has 5 nitrogen and oxygen atoms in total. The van der Waals surface area contributed by atoms with Crippen LogP contribution < -0.4 is 5.32 Å². The lowest BCUT2D eigenvalue weighted by Gasteiger charge is -2.26. The van der Waals surface area contributed by atoms with E-state index in [1.165, 1.54) is 18.4 Å². The van der Waals surface area contributed by atoms with Crippen LogP contribution >= 0.6 is 11.3 Å². The Labute approximate surface area is 148 Å². The van der Waals surface area contributed by atoms with E-state index in [4.69, 9.17) is 0 Å². The van der Waals surface area contributed by atoms with Crippen LogP contribution in [0.2, 0.25) is 0 Å². The van der Waals surface area contributed by atoms with Crippen LogP contribution in [0.3, 0.4) is 0 Å². The molecule has 0 bridgehead atoms. The van der Waals surface area contributed by atoms with E-state index in [1.54, 1.807) is 16.2 Å². The molecular formula is C18H27N3O2S. The van der Waals surface area contributed by atoms with E-state index in [9.17, 15) is 9.59 Å². The molecule has 1 unspecified atom stereocenters. The second kappa shape index (κ2) is 7.66. The molecule has 24 heavy (non-hydrogen) atoms. The summed E-state index contributed by atoms with van der Waals surface area (Å²) in [5.74, 6) is 0.873. The molecule has 0 aromatic carbocycles. The maximum Gasteiger partial charge on any atom is 0.261 e. The van der Waals surface area contributed by atoms with Crippen LogP contribution in [0.4, 0.5) is 0 Å². The summed E-state index contributed by atoms with van der Waals surface area (Å²) in [6.07, 6.45) is 5.34. The Balaban J connectivity index is 1.42. The number of thiophene rings is 1. The molecule has 1 aromatic rings. The molecule has 1 saturated heterocycles. The molecule has 132 valence electrons. The minimum atomic E-state index is 0.0227. The minimum Gasteiger partial charge on any atom is -0.351 e. The number of nitrogens with one attached hydrogen (secondary N) is 1. The molecule has 1 aliphatic heterocycles. The number of likely N-dealkylation sites (tertiary alicyclic amines) is 1. The lowest BCUT2D eigenvalue weighted by atomic mass is 10.1. The van der Waals surface area contributed by atoms with Gasteiger partial charge in [0.2, 0.25) is 5.91 Å². The Morgan fingerprint density at radius 1 is 1.33 bits per heavy atom. The van der Waals surface area contributed by atoms with E-state index < -0.39 is 0 Å². The van der Waals surface area contributed by atoms with Crippen LogP contribution in [0.15, 0.2) is 11.4 Å². The average molecular weight is 350 g/mol. The molecule has 0 spiro atoms. The van der Waals surface area contributed by atoms with Crippen LogP contribution in [-0.2, 0) is 4.79 Å². The lowest BCUT2D eigenvalue weighted by Crippen LogP contribution is -2.43. The Hall–Kier alpha value is -1.40. The van der Waals surface area contributed by atoms with Gasteiger partial charge in [0, 0.05) is 27.2 Å². The Morgan fingerprint density at radius 3 is 2.83 bits per heavy atom. The molecule has 1 N–H and O–H groups in total. The zero-order chi connectivity index (χ0) is 17.1. The molecule has 2 fully saturated rings. The summed E-state index contributed by atoms with van der Waals surface area (Å²) in [7, 11) is 3.63. The quantitative estimate of drug-likeness (QED) is 0.769. The van der Waals surface area contributed by atoms with Crippen molar-refractivity contribution in [3.63, 3.8) is 0 Å². The van der Waals surface area contributed by atoms with Gasteiger partial charge in [-0.3, -0.25) is 14.5 Å². The first kappa shape index (κ1) is 17.4. The molecule has 0 radical (unpaired) electrons. The summed E-state index contributed by atoms with van der Waals surface area (Å²) in [6.45, 7) is 2.51. The fraction of sp³-hybridized carbons (Fsp3) is 0.667. The van der Waals surface area contributed by atoms with E-state index in [0.717, 1.165) is 37.2 Å². The van der Waals surface area contributed by atoms with Crippen LogP contribution in [0.1, 0.15) is 53.3 Å². The van der Waals surface area contributed by atoms with E-state index in [1.807, 2.05) is 19.5 Å². The van der Waals surface area contributed by atoms with E-state index in [2.05, 4.69) is 16.3 Å². The van der Waals surface area contributed by atoms with Crippen molar-refractivity contribution < 1.29 is 9.59 Å². The predicted octanol–water partition coefficient (Wildman–Crippen LogP) is 2.30. The van der Waals surface area contributed by atoms with Gasteiger partial charge in [0.05, 0.1) is 10.9 Å². The normalized spacial score (nSPS) is 21.0. The molecule has 1 aromatic heterocycles. The summed E-state index contributed by atoms with van der Waals surface area (Å²) in [5.41, 5.74) is 1.23. The second-order valence-corrected chi connectivity index (χ2v) is 7.93. The molecule has 1 saturated carbocycles. The molecule has 2 amide bonds. The summed E-state index contributed by atoms with van der Waals surface area (Å²) in [4.78, 5) is 29.3. The monoisotopic (exact) mass is 349 g/mol. The number of hydrogen-bond donors (Lipinski definition) is 1. The number of nitrogens with zero attached hydrogens (tertiary/aromatic N) is 2. The van der Waals surface area contributed by atoms with E-state index in [-0.39, 0.29) is 17.9 Å². The van der Waals surface area contributed by atoms with Crippen molar-refractivity contribution >= 4 is 23.2 Å². The third-order valence-corrected chi connectivity index (χ3v) is 5.85. The van der Waals surface area contributed by atoms with Gasteiger partial charge in [-0.2, -0.15) is 0 Å². The van der Waals surface area contributed by atoms with Gasteiger partial charge in [-0.15, -0.1) is 11.3 Å². The van der Waals surface area contributed by atoms with Crippen molar-refractivity contribution in [2.24, 2.45) is 0 Å². The Morgan fingerprint density at radius 2 is 2.12 bits per heavy atom. The number of hydrogen-bond acceptors (Lipinski definition) is 4. The summed E-state index contributed by atoms with van der Waals surface area (Å²) >= 11 is 1.54. The molecular weight excluding hydrogens is 322 g/mol. The molecule has 6 heteroatoms. The van der Waals surface area contributed by atoms with Crippen molar-refractivity contribution in [1.29, 1.82) is 0 Å².